The first-order valence-electron chi connectivity index (χ1n) is 7.03. The molecular formula is C17H17BrFNO. The van der Waals surface area contributed by atoms with Crippen LogP contribution in [0.15, 0.2) is 46.9 Å². The minimum atomic E-state index is -0.248. The van der Waals surface area contributed by atoms with E-state index in [0.29, 0.717) is 11.1 Å². The summed E-state index contributed by atoms with van der Waals surface area (Å²) < 4.78 is 19.5. The maximum Gasteiger partial charge on any atom is 0.137 e. The molecule has 0 saturated carbocycles. The van der Waals surface area contributed by atoms with Crippen LogP contribution in [-0.4, -0.2) is 12.6 Å². The van der Waals surface area contributed by atoms with E-state index in [4.69, 9.17) is 10.5 Å². The molecule has 2 N–H and O–H groups in total. The summed E-state index contributed by atoms with van der Waals surface area (Å²) in [5.41, 5.74) is 8.59. The maximum atomic E-state index is 13.3. The molecule has 21 heavy (non-hydrogen) atoms. The van der Waals surface area contributed by atoms with Gasteiger partial charge in [-0.25, -0.2) is 4.39 Å². The largest absolute Gasteiger partial charge is 0.493 e. The highest BCUT2D eigenvalue weighted by Crippen LogP contribution is 2.29. The van der Waals surface area contributed by atoms with Gasteiger partial charge < -0.3 is 10.5 Å². The number of hydrogen-bond acceptors (Lipinski definition) is 2. The molecule has 0 bridgehead atoms. The summed E-state index contributed by atoms with van der Waals surface area (Å²) in [7, 11) is 0. The van der Waals surface area contributed by atoms with Gasteiger partial charge in [0.15, 0.2) is 0 Å². The number of fused-ring (bicyclic) bond motifs is 1. The average molecular weight is 350 g/mol. The zero-order valence-electron chi connectivity index (χ0n) is 11.6. The van der Waals surface area contributed by atoms with Crippen LogP contribution in [0.1, 0.15) is 11.1 Å². The van der Waals surface area contributed by atoms with Crippen molar-refractivity contribution in [1.29, 1.82) is 0 Å². The molecule has 2 aromatic rings. The van der Waals surface area contributed by atoms with Gasteiger partial charge in [0.2, 0.25) is 0 Å². The normalized spacial score (nSPS) is 18.7. The van der Waals surface area contributed by atoms with Gasteiger partial charge in [-0.05, 0) is 58.1 Å². The Balaban J connectivity index is 1.69. The molecule has 1 aliphatic heterocycles. The first-order chi connectivity index (χ1) is 10.1. The van der Waals surface area contributed by atoms with E-state index in [-0.39, 0.29) is 17.8 Å². The molecule has 1 heterocycles. The number of rotatable bonds is 3. The maximum absolute atomic E-state index is 13.3. The van der Waals surface area contributed by atoms with E-state index < -0.39 is 0 Å². The van der Waals surface area contributed by atoms with Crippen molar-refractivity contribution in [1.82, 2.24) is 0 Å². The summed E-state index contributed by atoms with van der Waals surface area (Å²) in [6, 6.07) is 13.1. The third-order valence-electron chi connectivity index (χ3n) is 3.97. The van der Waals surface area contributed by atoms with Crippen molar-refractivity contribution >= 4 is 15.9 Å². The highest BCUT2D eigenvalue weighted by Gasteiger charge is 2.25. The van der Waals surface area contributed by atoms with Gasteiger partial charge >= 0.3 is 0 Å². The van der Waals surface area contributed by atoms with Crippen molar-refractivity contribution in [2.24, 2.45) is 11.7 Å². The molecule has 0 saturated heterocycles. The van der Waals surface area contributed by atoms with Gasteiger partial charge in [0.25, 0.3) is 0 Å². The Morgan fingerprint density at radius 2 is 2.10 bits per heavy atom. The lowest BCUT2D eigenvalue weighted by atomic mass is 9.87. The lowest BCUT2D eigenvalue weighted by molar-refractivity contribution is 0.199. The molecule has 2 unspecified atom stereocenters. The van der Waals surface area contributed by atoms with Crippen LogP contribution in [0.3, 0.4) is 0 Å². The Morgan fingerprint density at radius 3 is 2.90 bits per heavy atom. The molecule has 3 rings (SSSR count). The first-order valence-corrected chi connectivity index (χ1v) is 7.83. The van der Waals surface area contributed by atoms with Crippen LogP contribution in [0.4, 0.5) is 4.39 Å². The average Bonchev–Trinajstić information content (AvgIpc) is 2.50. The number of ether oxygens (including phenoxy) is 1. The Bertz CT molecular complexity index is 646. The molecule has 0 aromatic heterocycles. The van der Waals surface area contributed by atoms with E-state index in [0.717, 1.165) is 24.2 Å². The summed E-state index contributed by atoms with van der Waals surface area (Å²) in [5.74, 6) is 0.997. The van der Waals surface area contributed by atoms with Crippen molar-refractivity contribution < 1.29 is 9.13 Å². The van der Waals surface area contributed by atoms with Crippen LogP contribution in [0.2, 0.25) is 0 Å². The first kappa shape index (κ1) is 14.5. The van der Waals surface area contributed by atoms with E-state index >= 15 is 0 Å². The number of benzene rings is 2. The fourth-order valence-electron chi connectivity index (χ4n) is 2.73. The fraction of sp³-hybridized carbons (Fsp3) is 0.294. The second-order valence-electron chi connectivity index (χ2n) is 5.50. The minimum Gasteiger partial charge on any atom is -0.493 e. The van der Waals surface area contributed by atoms with Crippen LogP contribution in [-0.2, 0) is 12.8 Å². The molecule has 0 aliphatic carbocycles. The fourth-order valence-corrected chi connectivity index (χ4v) is 3.16. The standard InChI is InChI=1S/C17H17BrFNO/c18-14-7-11(5-6-15(14)19)8-16(20)13-9-12-3-1-2-4-17(12)21-10-13/h1-7,13,16H,8-10,20H2. The van der Waals surface area contributed by atoms with Crippen molar-refractivity contribution in [3.8, 4) is 5.75 Å². The zero-order valence-corrected chi connectivity index (χ0v) is 13.1. The van der Waals surface area contributed by atoms with Crippen molar-refractivity contribution in [2.75, 3.05) is 6.61 Å². The molecule has 0 spiro atoms. The molecule has 0 amide bonds. The van der Waals surface area contributed by atoms with Gasteiger partial charge in [-0.3, -0.25) is 0 Å². The molecule has 1 aliphatic rings. The second-order valence-corrected chi connectivity index (χ2v) is 6.35. The predicted molar refractivity (Wildman–Crippen MR) is 84.9 cm³/mol. The Labute approximate surface area is 132 Å². The van der Waals surface area contributed by atoms with Crippen molar-refractivity contribution in [2.45, 2.75) is 18.9 Å². The molecular weight excluding hydrogens is 333 g/mol. The molecule has 4 heteroatoms. The number of nitrogens with two attached hydrogens (primary N) is 1. The SMILES string of the molecule is NC(Cc1ccc(F)c(Br)c1)C1COc2ccccc2C1. The van der Waals surface area contributed by atoms with Crippen molar-refractivity contribution in [3.63, 3.8) is 0 Å². The van der Waals surface area contributed by atoms with Crippen LogP contribution < -0.4 is 10.5 Å². The third-order valence-corrected chi connectivity index (χ3v) is 4.58. The zero-order chi connectivity index (χ0) is 14.8. The molecule has 0 radical (unpaired) electrons. The topological polar surface area (TPSA) is 35.2 Å². The summed E-state index contributed by atoms with van der Waals surface area (Å²) >= 11 is 3.21. The summed E-state index contributed by atoms with van der Waals surface area (Å²) in [6.07, 6.45) is 1.65. The van der Waals surface area contributed by atoms with E-state index in [2.05, 4.69) is 22.0 Å². The van der Waals surface area contributed by atoms with Gasteiger partial charge in [0, 0.05) is 12.0 Å². The van der Waals surface area contributed by atoms with Gasteiger partial charge in [0.05, 0.1) is 11.1 Å². The summed E-state index contributed by atoms with van der Waals surface area (Å²) in [4.78, 5) is 0. The van der Waals surface area contributed by atoms with Crippen LogP contribution in [0.25, 0.3) is 0 Å². The number of hydrogen-bond donors (Lipinski definition) is 1. The highest BCUT2D eigenvalue weighted by atomic mass is 79.9. The second kappa shape index (κ2) is 6.16. The monoisotopic (exact) mass is 349 g/mol. The van der Waals surface area contributed by atoms with Crippen LogP contribution in [0.5, 0.6) is 5.75 Å². The quantitative estimate of drug-likeness (QED) is 0.916. The van der Waals surface area contributed by atoms with Gasteiger partial charge in [-0.1, -0.05) is 24.3 Å². The van der Waals surface area contributed by atoms with Gasteiger partial charge in [-0.2, -0.15) is 0 Å². The van der Waals surface area contributed by atoms with Crippen LogP contribution in [0, 0.1) is 11.7 Å². The third kappa shape index (κ3) is 3.27. The van der Waals surface area contributed by atoms with Gasteiger partial charge in [0.1, 0.15) is 11.6 Å². The molecule has 0 fully saturated rings. The lowest BCUT2D eigenvalue weighted by Crippen LogP contribution is -2.39. The smallest absolute Gasteiger partial charge is 0.137 e. The minimum absolute atomic E-state index is 0.00397. The highest BCUT2D eigenvalue weighted by molar-refractivity contribution is 9.10. The molecule has 110 valence electrons. The Kier molecular flexibility index (Phi) is 4.27. The van der Waals surface area contributed by atoms with E-state index in [1.54, 1.807) is 12.1 Å². The Hall–Kier alpha value is -1.39. The Morgan fingerprint density at radius 1 is 1.29 bits per heavy atom. The molecule has 2 atom stereocenters. The van der Waals surface area contributed by atoms with Gasteiger partial charge in [-0.15, -0.1) is 0 Å². The van der Waals surface area contributed by atoms with E-state index in [1.165, 1.54) is 11.6 Å². The van der Waals surface area contributed by atoms with Crippen molar-refractivity contribution in [3.05, 3.63) is 63.9 Å². The van der Waals surface area contributed by atoms with E-state index in [1.807, 2.05) is 18.2 Å². The molecule has 2 nitrogen and oxygen atoms in total. The predicted octanol–water partition coefficient (Wildman–Crippen LogP) is 3.71. The van der Waals surface area contributed by atoms with E-state index in [9.17, 15) is 4.39 Å². The number of para-hydroxylation sites is 1. The van der Waals surface area contributed by atoms with Crippen LogP contribution >= 0.6 is 15.9 Å². The number of halogens is 2. The summed E-state index contributed by atoms with van der Waals surface area (Å²) in [6.45, 7) is 0.639. The summed E-state index contributed by atoms with van der Waals surface area (Å²) in [5, 5.41) is 0. The lowest BCUT2D eigenvalue weighted by Gasteiger charge is -2.29. The molecule has 2 aromatic carbocycles.